The molecule has 0 aliphatic rings. The van der Waals surface area contributed by atoms with Crippen LogP contribution in [0.1, 0.15) is 18.5 Å². The van der Waals surface area contributed by atoms with Gasteiger partial charge in [-0.2, -0.15) is 5.48 Å². The van der Waals surface area contributed by atoms with Crippen LogP contribution in [0.25, 0.3) is 0 Å². The molecule has 2 nitrogen and oxygen atoms in total. The fourth-order valence-corrected chi connectivity index (χ4v) is 0.924. The van der Waals surface area contributed by atoms with Crippen molar-refractivity contribution in [2.45, 2.75) is 13.0 Å². The van der Waals surface area contributed by atoms with Gasteiger partial charge >= 0.3 is 0 Å². The van der Waals surface area contributed by atoms with Crippen molar-refractivity contribution in [2.75, 3.05) is 0 Å². The number of hydrogen-bond acceptors (Lipinski definition) is 2. The summed E-state index contributed by atoms with van der Waals surface area (Å²) in [6.07, 6.45) is 0. The molecule has 0 aromatic heterocycles. The van der Waals surface area contributed by atoms with Crippen LogP contribution in [0.4, 0.5) is 8.78 Å². The quantitative estimate of drug-likeness (QED) is 0.670. The van der Waals surface area contributed by atoms with E-state index in [1.807, 2.05) is 5.48 Å². The van der Waals surface area contributed by atoms with Crippen molar-refractivity contribution in [3.8, 4) is 0 Å². The second-order valence-corrected chi connectivity index (χ2v) is 2.49. The second-order valence-electron chi connectivity index (χ2n) is 2.49. The van der Waals surface area contributed by atoms with Crippen molar-refractivity contribution in [3.05, 3.63) is 35.4 Å². The van der Waals surface area contributed by atoms with Crippen LogP contribution in [0.5, 0.6) is 0 Å². The lowest BCUT2D eigenvalue weighted by atomic mass is 10.1. The van der Waals surface area contributed by atoms with Crippen molar-refractivity contribution in [1.29, 1.82) is 0 Å². The van der Waals surface area contributed by atoms with Gasteiger partial charge in [-0.05, 0) is 13.0 Å². The fourth-order valence-electron chi connectivity index (χ4n) is 0.924. The predicted octanol–water partition coefficient (Wildman–Crippen LogP) is 2.00. The summed E-state index contributed by atoms with van der Waals surface area (Å²) in [5, 5.41) is 8.46. The van der Waals surface area contributed by atoms with Gasteiger partial charge in [-0.1, -0.05) is 12.1 Å². The van der Waals surface area contributed by atoms with E-state index < -0.39 is 17.7 Å². The smallest absolute Gasteiger partial charge is 0.163 e. The molecule has 0 amide bonds. The summed E-state index contributed by atoms with van der Waals surface area (Å²) in [4.78, 5) is 0. The molecule has 0 radical (unpaired) electrons. The van der Waals surface area contributed by atoms with Crippen LogP contribution in [-0.4, -0.2) is 5.21 Å². The molecule has 0 saturated carbocycles. The molecule has 0 unspecified atom stereocenters. The molecule has 4 heteroatoms. The molecule has 0 spiro atoms. The average Bonchev–Trinajstić information content (AvgIpc) is 2.08. The van der Waals surface area contributed by atoms with E-state index in [1.165, 1.54) is 19.1 Å². The lowest BCUT2D eigenvalue weighted by molar-refractivity contribution is 0.131. The monoisotopic (exact) mass is 173 g/mol. The van der Waals surface area contributed by atoms with E-state index in [4.69, 9.17) is 5.21 Å². The zero-order chi connectivity index (χ0) is 9.14. The van der Waals surface area contributed by atoms with Gasteiger partial charge in [-0.25, -0.2) is 8.78 Å². The van der Waals surface area contributed by atoms with E-state index in [9.17, 15) is 8.78 Å². The summed E-state index contributed by atoms with van der Waals surface area (Å²) in [6.45, 7) is 1.53. The lowest BCUT2D eigenvalue weighted by Crippen LogP contribution is -2.15. The standard InChI is InChI=1S/C8H9F2NO/c1-5(11-12)6-3-2-4-7(9)8(6)10/h2-5,11-12H,1H3/t5-/m1/s1. The zero-order valence-electron chi connectivity index (χ0n) is 6.51. The van der Waals surface area contributed by atoms with Gasteiger partial charge in [0.05, 0.1) is 6.04 Å². The van der Waals surface area contributed by atoms with E-state index in [2.05, 4.69) is 0 Å². The van der Waals surface area contributed by atoms with E-state index >= 15 is 0 Å². The fraction of sp³-hybridized carbons (Fsp3) is 0.250. The van der Waals surface area contributed by atoms with Crippen LogP contribution in [-0.2, 0) is 0 Å². The number of benzene rings is 1. The number of hydrogen-bond donors (Lipinski definition) is 2. The minimum Gasteiger partial charge on any atom is -0.316 e. The Labute approximate surface area is 68.8 Å². The first-order chi connectivity index (χ1) is 5.66. The molecule has 12 heavy (non-hydrogen) atoms. The van der Waals surface area contributed by atoms with Crippen LogP contribution in [0.3, 0.4) is 0 Å². The summed E-state index contributed by atoms with van der Waals surface area (Å²) in [5.74, 6) is -1.83. The number of nitrogens with one attached hydrogen (secondary N) is 1. The normalized spacial score (nSPS) is 13.0. The molecular weight excluding hydrogens is 164 g/mol. The highest BCUT2D eigenvalue weighted by atomic mass is 19.2. The molecule has 0 aliphatic carbocycles. The maximum Gasteiger partial charge on any atom is 0.163 e. The maximum absolute atomic E-state index is 12.9. The third-order valence-corrected chi connectivity index (χ3v) is 1.64. The predicted molar refractivity (Wildman–Crippen MR) is 39.7 cm³/mol. The topological polar surface area (TPSA) is 32.3 Å². The summed E-state index contributed by atoms with van der Waals surface area (Å²) in [5.41, 5.74) is 1.95. The molecule has 1 aromatic carbocycles. The highest BCUT2D eigenvalue weighted by Crippen LogP contribution is 2.17. The van der Waals surface area contributed by atoms with Gasteiger partial charge in [0.25, 0.3) is 0 Å². The Morgan fingerprint density at radius 2 is 2.08 bits per heavy atom. The Bertz CT molecular complexity index is 278. The summed E-state index contributed by atoms with van der Waals surface area (Å²) in [7, 11) is 0. The van der Waals surface area contributed by atoms with Crippen LogP contribution in [0.15, 0.2) is 18.2 Å². The molecule has 0 aliphatic heterocycles. The molecule has 0 heterocycles. The summed E-state index contributed by atoms with van der Waals surface area (Å²) >= 11 is 0. The molecule has 1 aromatic rings. The highest BCUT2D eigenvalue weighted by molar-refractivity contribution is 5.21. The van der Waals surface area contributed by atoms with Crippen LogP contribution in [0.2, 0.25) is 0 Å². The first kappa shape index (κ1) is 9.09. The summed E-state index contributed by atoms with van der Waals surface area (Å²) in [6, 6.07) is 3.22. The molecule has 1 rings (SSSR count). The number of halogens is 2. The third kappa shape index (κ3) is 1.60. The Hall–Kier alpha value is -1.00. The Morgan fingerprint density at radius 3 is 2.67 bits per heavy atom. The Kier molecular flexibility index (Phi) is 2.73. The van der Waals surface area contributed by atoms with Crippen molar-refractivity contribution in [3.63, 3.8) is 0 Å². The summed E-state index contributed by atoms with van der Waals surface area (Å²) < 4.78 is 25.5. The first-order valence-corrected chi connectivity index (χ1v) is 3.50. The molecule has 66 valence electrons. The second kappa shape index (κ2) is 3.60. The molecule has 0 saturated heterocycles. The maximum atomic E-state index is 12.9. The Balaban J connectivity index is 3.07. The molecule has 0 bridgehead atoms. The van der Waals surface area contributed by atoms with Gasteiger partial charge in [-0.15, -0.1) is 0 Å². The van der Waals surface area contributed by atoms with Crippen molar-refractivity contribution in [2.24, 2.45) is 0 Å². The Morgan fingerprint density at radius 1 is 1.42 bits per heavy atom. The van der Waals surface area contributed by atoms with Gasteiger partial charge in [0.1, 0.15) is 0 Å². The number of hydroxylamine groups is 1. The minimum absolute atomic E-state index is 0.109. The van der Waals surface area contributed by atoms with Crippen molar-refractivity contribution < 1.29 is 14.0 Å². The SMILES string of the molecule is C[C@@H](NO)c1cccc(F)c1F. The lowest BCUT2D eigenvalue weighted by Gasteiger charge is -2.09. The largest absolute Gasteiger partial charge is 0.316 e. The van der Waals surface area contributed by atoms with Crippen molar-refractivity contribution in [1.82, 2.24) is 5.48 Å². The van der Waals surface area contributed by atoms with Gasteiger partial charge in [0.15, 0.2) is 11.6 Å². The average molecular weight is 173 g/mol. The van der Waals surface area contributed by atoms with Crippen LogP contribution < -0.4 is 5.48 Å². The highest BCUT2D eigenvalue weighted by Gasteiger charge is 2.12. The zero-order valence-corrected chi connectivity index (χ0v) is 6.51. The molecule has 2 N–H and O–H groups in total. The van der Waals surface area contributed by atoms with Gasteiger partial charge < -0.3 is 5.21 Å². The first-order valence-electron chi connectivity index (χ1n) is 3.50. The van der Waals surface area contributed by atoms with Gasteiger partial charge in [-0.3, -0.25) is 0 Å². The van der Waals surface area contributed by atoms with Crippen molar-refractivity contribution >= 4 is 0 Å². The third-order valence-electron chi connectivity index (χ3n) is 1.64. The van der Waals surface area contributed by atoms with E-state index in [0.29, 0.717) is 0 Å². The van der Waals surface area contributed by atoms with E-state index in [1.54, 1.807) is 0 Å². The van der Waals surface area contributed by atoms with Crippen LogP contribution in [0, 0.1) is 11.6 Å². The van der Waals surface area contributed by atoms with E-state index in [0.717, 1.165) is 6.07 Å². The van der Waals surface area contributed by atoms with E-state index in [-0.39, 0.29) is 5.56 Å². The molecule has 1 atom stereocenters. The van der Waals surface area contributed by atoms with Gasteiger partial charge in [0.2, 0.25) is 0 Å². The molecule has 0 fully saturated rings. The number of rotatable bonds is 2. The minimum atomic E-state index is -0.924. The molecular formula is C8H9F2NO. The van der Waals surface area contributed by atoms with Crippen LogP contribution >= 0.6 is 0 Å². The van der Waals surface area contributed by atoms with Gasteiger partial charge in [0, 0.05) is 5.56 Å².